The SMILES string of the molecule is O=P1(NP2(=O)Oc3c(-c4cccc(-c5ccccc5)c4)cc4ccccc4c3-c3c(c(-c4cccc(-c5ccccc5)c4)cc4ccccc34)O2)Oc2c(-c3cccc(-c4ccccc4)c3)cc3ccccc3c2-c2c(c(-c3cccc(-c4ccccc4)c3)cc3ccccc23)O1. The highest BCUT2D eigenvalue weighted by molar-refractivity contribution is 7.68. The molecule has 2 aliphatic rings. The molecule has 0 saturated carbocycles. The summed E-state index contributed by atoms with van der Waals surface area (Å²) in [6, 6.07) is 115. The van der Waals surface area contributed by atoms with Crippen LogP contribution in [0.5, 0.6) is 23.0 Å². The molecule has 0 atom stereocenters. The molecule has 460 valence electrons. The summed E-state index contributed by atoms with van der Waals surface area (Å²) in [7, 11) is -10.4. The first kappa shape index (κ1) is 57.8. The van der Waals surface area contributed by atoms with Gasteiger partial charge in [-0.2, -0.15) is 0 Å². The molecule has 0 radical (unpaired) electrons. The molecule has 7 nitrogen and oxygen atoms in total. The van der Waals surface area contributed by atoms with Gasteiger partial charge in [0.05, 0.1) is 0 Å². The minimum atomic E-state index is -5.22. The van der Waals surface area contributed by atoms with Crippen molar-refractivity contribution in [3.8, 4) is 134 Å². The van der Waals surface area contributed by atoms with Gasteiger partial charge in [-0.1, -0.05) is 296 Å². The van der Waals surface area contributed by atoms with Gasteiger partial charge >= 0.3 is 15.5 Å². The Morgan fingerprint density at radius 3 is 0.629 bits per heavy atom. The van der Waals surface area contributed by atoms with E-state index >= 15 is 9.13 Å². The van der Waals surface area contributed by atoms with Crippen LogP contribution in [0.2, 0.25) is 0 Å². The van der Waals surface area contributed by atoms with Gasteiger partial charge in [0.2, 0.25) is 0 Å². The van der Waals surface area contributed by atoms with Crippen LogP contribution in [0, 0.1) is 0 Å². The molecule has 16 aromatic carbocycles. The van der Waals surface area contributed by atoms with E-state index in [4.69, 9.17) is 18.1 Å². The molecule has 9 heteroatoms. The van der Waals surface area contributed by atoms with Crippen molar-refractivity contribution in [2.45, 2.75) is 0 Å². The summed E-state index contributed by atoms with van der Waals surface area (Å²) in [5.74, 6) is 0.981. The van der Waals surface area contributed by atoms with Gasteiger partial charge in [0.15, 0.2) is 0 Å². The highest BCUT2D eigenvalue weighted by Gasteiger charge is 2.50. The number of nitrogens with one attached hydrogen (secondary N) is 1. The van der Waals surface area contributed by atoms with Gasteiger partial charge in [-0.25, -0.2) is 9.13 Å². The monoisotopic (exact) mass is 1290 g/mol. The maximum Gasteiger partial charge on any atom is 0.524 e. The Morgan fingerprint density at radius 1 is 0.196 bits per heavy atom. The molecule has 0 saturated heterocycles. The fourth-order valence-corrected chi connectivity index (χ4v) is 17.9. The smallest absolute Gasteiger partial charge is 0.403 e. The van der Waals surface area contributed by atoms with Crippen LogP contribution in [-0.4, -0.2) is 0 Å². The van der Waals surface area contributed by atoms with E-state index in [1.165, 1.54) is 0 Å². The molecule has 18 rings (SSSR count). The van der Waals surface area contributed by atoms with Crippen LogP contribution in [0.4, 0.5) is 0 Å². The van der Waals surface area contributed by atoms with E-state index in [1.807, 2.05) is 170 Å². The lowest BCUT2D eigenvalue weighted by Gasteiger charge is -2.26. The Bertz CT molecular complexity index is 5220. The van der Waals surface area contributed by atoms with Gasteiger partial charge in [0.1, 0.15) is 23.0 Å². The molecule has 2 aliphatic heterocycles. The van der Waals surface area contributed by atoms with Gasteiger partial charge in [-0.3, -0.25) is 0 Å². The highest BCUT2D eigenvalue weighted by atomic mass is 31.3. The van der Waals surface area contributed by atoms with E-state index in [0.717, 1.165) is 110 Å². The van der Waals surface area contributed by atoms with Gasteiger partial charge in [-0.15, -0.1) is 0 Å². The predicted octanol–water partition coefficient (Wildman–Crippen LogP) is 25.0. The van der Waals surface area contributed by atoms with Crippen molar-refractivity contribution in [3.05, 3.63) is 340 Å². The van der Waals surface area contributed by atoms with E-state index in [9.17, 15) is 0 Å². The topological polar surface area (TPSA) is 83.1 Å². The summed E-state index contributed by atoms with van der Waals surface area (Å²) in [5, 5.41) is 6.90. The number of hydrogen-bond donors (Lipinski definition) is 1. The van der Waals surface area contributed by atoms with Gasteiger partial charge < -0.3 is 18.1 Å². The molecule has 0 aliphatic carbocycles. The first-order valence-electron chi connectivity index (χ1n) is 32.4. The van der Waals surface area contributed by atoms with Gasteiger partial charge in [0, 0.05) is 44.5 Å². The molecule has 0 aromatic heterocycles. The number of rotatable bonds is 10. The molecular weight excluding hydrogens is 1230 g/mol. The molecule has 16 aromatic rings. The summed E-state index contributed by atoms with van der Waals surface area (Å²) in [6.07, 6.45) is 0. The number of fused-ring (bicyclic) bond motifs is 14. The number of benzene rings is 16. The van der Waals surface area contributed by atoms with Crippen LogP contribution in [0.25, 0.3) is 154 Å². The van der Waals surface area contributed by atoms with E-state index in [2.05, 4.69) is 175 Å². The zero-order valence-corrected chi connectivity index (χ0v) is 54.0. The Hall–Kier alpha value is -11.8. The molecule has 0 amide bonds. The van der Waals surface area contributed by atoms with E-state index < -0.39 is 15.5 Å². The second-order valence-electron chi connectivity index (χ2n) is 24.6. The van der Waals surface area contributed by atoms with Crippen LogP contribution < -0.4 is 23.0 Å². The van der Waals surface area contributed by atoms with Crippen LogP contribution in [0.1, 0.15) is 0 Å². The summed E-state index contributed by atoms with van der Waals surface area (Å²) in [6.45, 7) is 0. The standard InChI is InChI=1S/C88H57NO6P2/c90-96(92-85-77(65-41-21-37-61(49-65)57-25-5-1-6-26-57)53-69-33-13-17-45-73(69)81(85)82-74-46-18-14-34-70(74)54-78(86(82)93-96)66-42-22-38-62(50-66)58-27-7-2-8-28-58)89-97(91)94-87-79(67-43-23-39-63(51-67)59-29-9-3-10-30-59)55-71-35-15-19-47-75(71)83(87)84-76-48-20-16-36-72(76)56-80(88(84)95-97)68-44-24-40-64(52-68)60-31-11-4-12-32-60/h1-56H,(H,89,90,91). The van der Waals surface area contributed by atoms with Crippen LogP contribution in [0.3, 0.4) is 0 Å². The van der Waals surface area contributed by atoms with Crippen LogP contribution in [0.15, 0.2) is 340 Å². The molecule has 97 heavy (non-hydrogen) atoms. The van der Waals surface area contributed by atoms with Crippen molar-refractivity contribution in [2.75, 3.05) is 0 Å². The molecule has 2 heterocycles. The zero-order chi connectivity index (χ0) is 64.6. The molecule has 0 unspecified atom stereocenters. The Labute approximate surface area is 561 Å². The molecule has 0 bridgehead atoms. The highest BCUT2D eigenvalue weighted by Crippen LogP contribution is 2.69. The fraction of sp³-hybridized carbons (Fsp3) is 0. The van der Waals surface area contributed by atoms with Crippen molar-refractivity contribution < 1.29 is 27.2 Å². The first-order chi connectivity index (χ1) is 47.8. The van der Waals surface area contributed by atoms with Crippen LogP contribution >= 0.6 is 15.5 Å². The molecular formula is C88H57NO6P2. The minimum Gasteiger partial charge on any atom is -0.403 e. The maximum atomic E-state index is 17.9. The second-order valence-corrected chi connectivity index (χ2v) is 28.2. The van der Waals surface area contributed by atoms with Gasteiger partial charge in [0.25, 0.3) is 0 Å². The van der Waals surface area contributed by atoms with Crippen molar-refractivity contribution in [3.63, 3.8) is 0 Å². The summed E-state index contributed by atoms with van der Waals surface area (Å²) in [5.41, 5.74) is 16.2. The largest absolute Gasteiger partial charge is 0.524 e. The Morgan fingerprint density at radius 2 is 0.392 bits per heavy atom. The minimum absolute atomic E-state index is 0.245. The van der Waals surface area contributed by atoms with E-state index in [1.54, 1.807) is 0 Å². The van der Waals surface area contributed by atoms with E-state index in [0.29, 0.717) is 44.5 Å². The molecule has 1 N–H and O–H groups in total. The van der Waals surface area contributed by atoms with Crippen molar-refractivity contribution >= 4 is 58.6 Å². The average Bonchev–Trinajstić information content (AvgIpc) is 1.67. The summed E-state index contributed by atoms with van der Waals surface area (Å²) >= 11 is 0. The average molecular weight is 1290 g/mol. The Kier molecular flexibility index (Phi) is 14.1. The lowest BCUT2D eigenvalue weighted by Crippen LogP contribution is -2.21. The normalized spacial score (nSPS) is 13.4. The van der Waals surface area contributed by atoms with E-state index in [-0.39, 0.29) is 23.0 Å². The lowest BCUT2D eigenvalue weighted by atomic mass is 9.86. The first-order valence-corrected chi connectivity index (χ1v) is 35.5. The van der Waals surface area contributed by atoms with Crippen molar-refractivity contribution in [2.24, 2.45) is 0 Å². The third-order valence-corrected chi connectivity index (χ3v) is 22.4. The second kappa shape index (κ2) is 23.6. The Balaban J connectivity index is 0.926. The lowest BCUT2D eigenvalue weighted by molar-refractivity contribution is 0.359. The molecule has 0 fully saturated rings. The third kappa shape index (κ3) is 10.4. The molecule has 0 spiro atoms. The van der Waals surface area contributed by atoms with Crippen molar-refractivity contribution in [1.29, 1.82) is 0 Å². The van der Waals surface area contributed by atoms with Crippen molar-refractivity contribution in [1.82, 2.24) is 4.86 Å². The predicted molar refractivity (Wildman–Crippen MR) is 398 cm³/mol. The number of hydrogen-bond acceptors (Lipinski definition) is 6. The third-order valence-electron chi connectivity index (χ3n) is 18.7. The quantitative estimate of drug-likeness (QED) is 0.137. The van der Waals surface area contributed by atoms with Gasteiger partial charge in [-0.05, 0) is 158 Å². The summed E-state index contributed by atoms with van der Waals surface area (Å²) < 4.78 is 65.6. The summed E-state index contributed by atoms with van der Waals surface area (Å²) in [4.78, 5) is 3.13. The maximum absolute atomic E-state index is 17.9. The zero-order valence-electron chi connectivity index (χ0n) is 52.2. The van der Waals surface area contributed by atoms with Crippen LogP contribution in [-0.2, 0) is 9.13 Å². The fourth-order valence-electron chi connectivity index (χ4n) is 14.3.